The first-order valence-corrected chi connectivity index (χ1v) is 16.1. The van der Waals surface area contributed by atoms with Crippen molar-refractivity contribution in [3.8, 4) is 5.75 Å². The predicted octanol–water partition coefficient (Wildman–Crippen LogP) is 5.50. The summed E-state index contributed by atoms with van der Waals surface area (Å²) in [5, 5.41) is 19.9. The van der Waals surface area contributed by atoms with Gasteiger partial charge in [0.15, 0.2) is 5.76 Å². The molecule has 0 saturated heterocycles. The second kappa shape index (κ2) is 16.4. The number of likely N-dealkylation sites (N-methyl/N-ethyl adjacent to an activating group) is 1. The number of aryl methyl sites for hydroxylation is 2. The van der Waals surface area contributed by atoms with Crippen LogP contribution in [0.4, 0.5) is 16.2 Å². The summed E-state index contributed by atoms with van der Waals surface area (Å²) in [7, 11) is 1.69. The highest BCUT2D eigenvalue weighted by atomic mass is 16.5. The molecule has 4 amide bonds. The molecule has 4 rings (SSSR count). The highest BCUT2D eigenvalue weighted by Crippen LogP contribution is 2.29. The van der Waals surface area contributed by atoms with Crippen molar-refractivity contribution in [2.24, 2.45) is 5.92 Å². The van der Waals surface area contributed by atoms with Crippen LogP contribution in [0.2, 0.25) is 0 Å². The Morgan fingerprint density at radius 3 is 2.53 bits per heavy atom. The second-order valence-electron chi connectivity index (χ2n) is 12.3. The van der Waals surface area contributed by atoms with Crippen LogP contribution in [0.1, 0.15) is 72.2 Å². The number of fused-ring (bicyclic) bond motifs is 1. The summed E-state index contributed by atoms with van der Waals surface area (Å²) in [6.07, 6.45) is 1.77. The number of aliphatic hydroxyl groups is 1. The van der Waals surface area contributed by atoms with Gasteiger partial charge in [-0.3, -0.25) is 9.59 Å². The van der Waals surface area contributed by atoms with Gasteiger partial charge in [0, 0.05) is 43.9 Å². The topological polar surface area (TPSA) is 146 Å². The molecule has 254 valence electrons. The molecule has 0 fully saturated rings. The number of nitrogens with zero attached hydrogens (tertiary/aromatic N) is 3. The number of aromatic nitrogens is 1. The maximum Gasteiger partial charge on any atom is 0.321 e. The molecule has 1 aromatic heterocycles. The van der Waals surface area contributed by atoms with Crippen molar-refractivity contribution in [2.45, 2.75) is 72.1 Å². The smallest absolute Gasteiger partial charge is 0.321 e. The van der Waals surface area contributed by atoms with E-state index in [9.17, 15) is 19.5 Å². The summed E-state index contributed by atoms with van der Waals surface area (Å²) in [4.78, 5) is 43.6. The van der Waals surface area contributed by atoms with E-state index in [1.165, 1.54) is 0 Å². The summed E-state index contributed by atoms with van der Waals surface area (Å²) in [5.74, 6) is 0.0416. The minimum Gasteiger partial charge on any atom is -0.490 e. The van der Waals surface area contributed by atoms with Gasteiger partial charge in [0.1, 0.15) is 17.1 Å². The number of anilines is 2. The zero-order valence-corrected chi connectivity index (χ0v) is 28.1. The van der Waals surface area contributed by atoms with Gasteiger partial charge in [-0.1, -0.05) is 30.3 Å². The van der Waals surface area contributed by atoms with Crippen molar-refractivity contribution in [3.05, 3.63) is 71.1 Å². The number of ether oxygens (including phenoxy) is 2. The summed E-state index contributed by atoms with van der Waals surface area (Å²) < 4.78 is 17.8. The van der Waals surface area contributed by atoms with E-state index < -0.39 is 12.1 Å². The Kier molecular flexibility index (Phi) is 12.4. The molecule has 0 radical (unpaired) electrons. The predicted molar refractivity (Wildman–Crippen MR) is 179 cm³/mol. The number of hydrogen-bond donors (Lipinski definition) is 3. The van der Waals surface area contributed by atoms with Crippen LogP contribution in [-0.2, 0) is 4.74 Å². The molecule has 12 heteroatoms. The van der Waals surface area contributed by atoms with Crippen LogP contribution >= 0.6 is 0 Å². The van der Waals surface area contributed by atoms with Crippen molar-refractivity contribution < 1.29 is 33.5 Å². The number of benzene rings is 2. The Morgan fingerprint density at radius 1 is 1.11 bits per heavy atom. The number of rotatable bonds is 7. The molecule has 0 aliphatic carbocycles. The van der Waals surface area contributed by atoms with Gasteiger partial charge in [0.25, 0.3) is 11.8 Å². The average molecular weight is 650 g/mol. The molecule has 12 nitrogen and oxygen atoms in total. The first-order valence-electron chi connectivity index (χ1n) is 16.1. The lowest BCUT2D eigenvalue weighted by Crippen LogP contribution is -2.48. The minimum absolute atomic E-state index is 0.188. The number of amides is 4. The molecule has 3 aromatic rings. The van der Waals surface area contributed by atoms with E-state index in [0.29, 0.717) is 40.7 Å². The van der Waals surface area contributed by atoms with Gasteiger partial charge in [-0.15, -0.1) is 0 Å². The molecule has 4 atom stereocenters. The lowest BCUT2D eigenvalue weighted by atomic mass is 10.0. The van der Waals surface area contributed by atoms with Crippen molar-refractivity contribution in [1.29, 1.82) is 0 Å². The summed E-state index contributed by atoms with van der Waals surface area (Å²) in [5.41, 5.74) is 2.33. The molecule has 2 aromatic carbocycles. The largest absolute Gasteiger partial charge is 0.490 e. The number of hydrogen-bond acceptors (Lipinski definition) is 8. The SMILES string of the molecule is Cc1noc(C)c1NC(=O)N(C)C[C@H]1OCCCC[C@H](C)Oc2ccc(NC(=O)c3ccccc3)cc2C(=O)N([C@H](C)CO)C[C@@H]1C. The first kappa shape index (κ1) is 35.4. The Labute approximate surface area is 276 Å². The van der Waals surface area contributed by atoms with Crippen LogP contribution in [-0.4, -0.2) is 89.5 Å². The van der Waals surface area contributed by atoms with Crippen molar-refractivity contribution >= 4 is 29.2 Å². The molecule has 0 unspecified atom stereocenters. The fourth-order valence-corrected chi connectivity index (χ4v) is 5.47. The third-order valence-corrected chi connectivity index (χ3v) is 8.41. The van der Waals surface area contributed by atoms with Crippen LogP contribution < -0.4 is 15.4 Å². The normalized spacial score (nSPS) is 19.9. The van der Waals surface area contributed by atoms with Crippen LogP contribution in [0, 0.1) is 19.8 Å². The Morgan fingerprint density at radius 2 is 1.85 bits per heavy atom. The number of nitrogens with one attached hydrogen (secondary N) is 2. The van der Waals surface area contributed by atoms with E-state index in [4.69, 9.17) is 14.0 Å². The van der Waals surface area contributed by atoms with E-state index in [0.717, 1.165) is 19.3 Å². The van der Waals surface area contributed by atoms with E-state index in [1.54, 1.807) is 80.1 Å². The molecule has 0 saturated carbocycles. The molecule has 0 bridgehead atoms. The maximum atomic E-state index is 14.3. The van der Waals surface area contributed by atoms with E-state index in [2.05, 4.69) is 15.8 Å². The maximum absolute atomic E-state index is 14.3. The zero-order valence-electron chi connectivity index (χ0n) is 28.1. The van der Waals surface area contributed by atoms with Gasteiger partial charge in [0.2, 0.25) is 0 Å². The average Bonchev–Trinajstić information content (AvgIpc) is 3.38. The van der Waals surface area contributed by atoms with Gasteiger partial charge < -0.3 is 39.5 Å². The molecule has 2 heterocycles. The fraction of sp³-hybridized carbons (Fsp3) is 0.486. The van der Waals surface area contributed by atoms with Gasteiger partial charge in [-0.2, -0.15) is 0 Å². The second-order valence-corrected chi connectivity index (χ2v) is 12.3. The molecular formula is C35H47N5O7. The summed E-state index contributed by atoms with van der Waals surface area (Å²) in [6.45, 7) is 9.90. The number of urea groups is 1. The lowest BCUT2D eigenvalue weighted by Gasteiger charge is -2.35. The highest BCUT2D eigenvalue weighted by molar-refractivity contribution is 6.05. The molecule has 1 aliphatic rings. The summed E-state index contributed by atoms with van der Waals surface area (Å²) in [6, 6.07) is 13.0. The standard InChI is InChI=1S/C35H47N5O7/c1-22-19-40(23(2)21-41)34(43)29-18-28(36-33(42)27-13-8-7-9-14-27)15-16-30(29)46-24(3)12-10-11-17-45-31(22)20-39(6)35(44)37-32-25(4)38-47-26(32)5/h7-9,13-16,18,22-24,31,41H,10-12,17,19-21H2,1-6H3,(H,36,42)(H,37,44)/t22-,23+,24-,31+/m0/s1. The molecule has 47 heavy (non-hydrogen) atoms. The first-order chi connectivity index (χ1) is 22.5. The minimum atomic E-state index is -0.535. The molecule has 0 spiro atoms. The van der Waals surface area contributed by atoms with Crippen LogP contribution in [0.3, 0.4) is 0 Å². The van der Waals surface area contributed by atoms with E-state index in [-0.39, 0.29) is 55.1 Å². The molecule has 1 aliphatic heterocycles. The monoisotopic (exact) mass is 649 g/mol. The van der Waals surface area contributed by atoms with Gasteiger partial charge in [-0.25, -0.2) is 4.79 Å². The molecule has 3 N–H and O–H groups in total. The Bertz CT molecular complexity index is 1490. The summed E-state index contributed by atoms with van der Waals surface area (Å²) >= 11 is 0. The van der Waals surface area contributed by atoms with Gasteiger partial charge >= 0.3 is 6.03 Å². The Hall–Kier alpha value is -4.42. The van der Waals surface area contributed by atoms with Crippen LogP contribution in [0.15, 0.2) is 53.1 Å². The number of aliphatic hydroxyl groups excluding tert-OH is 1. The van der Waals surface area contributed by atoms with Gasteiger partial charge in [0.05, 0.1) is 30.4 Å². The lowest BCUT2D eigenvalue weighted by molar-refractivity contribution is -0.0115. The number of carbonyl (C=O) groups excluding carboxylic acids is 3. The third kappa shape index (κ3) is 9.32. The highest BCUT2D eigenvalue weighted by Gasteiger charge is 2.31. The van der Waals surface area contributed by atoms with Crippen molar-refractivity contribution in [2.75, 3.05) is 44.0 Å². The Balaban J connectivity index is 1.60. The molecular weight excluding hydrogens is 602 g/mol. The zero-order chi connectivity index (χ0) is 34.1. The third-order valence-electron chi connectivity index (χ3n) is 8.41. The van der Waals surface area contributed by atoms with Crippen LogP contribution in [0.5, 0.6) is 5.75 Å². The number of carbonyl (C=O) groups is 3. The van der Waals surface area contributed by atoms with Gasteiger partial charge in [-0.05, 0) is 77.3 Å². The van der Waals surface area contributed by atoms with E-state index in [1.807, 2.05) is 19.9 Å². The fourth-order valence-electron chi connectivity index (χ4n) is 5.47. The van der Waals surface area contributed by atoms with E-state index >= 15 is 0 Å². The van der Waals surface area contributed by atoms with Crippen LogP contribution in [0.25, 0.3) is 0 Å². The van der Waals surface area contributed by atoms with Crippen molar-refractivity contribution in [3.63, 3.8) is 0 Å². The van der Waals surface area contributed by atoms with Crippen molar-refractivity contribution in [1.82, 2.24) is 15.0 Å². The quantitative estimate of drug-likeness (QED) is 0.304.